The van der Waals surface area contributed by atoms with Gasteiger partial charge in [0.25, 0.3) is 5.91 Å². The van der Waals surface area contributed by atoms with E-state index in [1.54, 1.807) is 24.3 Å². The van der Waals surface area contributed by atoms with Gasteiger partial charge in [-0.25, -0.2) is 0 Å². The molecule has 0 saturated heterocycles. The van der Waals surface area contributed by atoms with Gasteiger partial charge in [0.15, 0.2) is 0 Å². The monoisotopic (exact) mass is 293 g/mol. The second kappa shape index (κ2) is 7.11. The van der Waals surface area contributed by atoms with Gasteiger partial charge in [0.2, 0.25) is 0 Å². The molecule has 1 unspecified atom stereocenters. The lowest BCUT2D eigenvalue weighted by molar-refractivity contribution is -0.138. The number of rotatable bonds is 6. The Morgan fingerprint density at radius 2 is 1.81 bits per heavy atom. The molecule has 1 rings (SSSR count). The van der Waals surface area contributed by atoms with Gasteiger partial charge in [-0.05, 0) is 36.6 Å². The van der Waals surface area contributed by atoms with E-state index >= 15 is 0 Å². The van der Waals surface area contributed by atoms with Gasteiger partial charge in [-0.1, -0.05) is 20.8 Å². The summed E-state index contributed by atoms with van der Waals surface area (Å²) in [5.74, 6) is -0.506. The van der Waals surface area contributed by atoms with Gasteiger partial charge in [-0.15, -0.1) is 0 Å². The van der Waals surface area contributed by atoms with Crippen LogP contribution in [0.4, 0.5) is 0 Å². The van der Waals surface area contributed by atoms with Crippen LogP contribution in [0.1, 0.15) is 44.5 Å². The molecule has 1 aromatic carbocycles. The molecule has 5 heteroatoms. The maximum absolute atomic E-state index is 12.2. The Labute approximate surface area is 125 Å². The first-order valence-electron chi connectivity index (χ1n) is 6.99. The molecular weight excluding hydrogens is 270 g/mol. The lowest BCUT2D eigenvalue weighted by atomic mass is 9.84. The predicted molar refractivity (Wildman–Crippen MR) is 80.6 cm³/mol. The van der Waals surface area contributed by atoms with E-state index in [0.29, 0.717) is 17.9 Å². The van der Waals surface area contributed by atoms with Crippen molar-refractivity contribution in [1.29, 1.82) is 0 Å². The SMILES string of the molecule is CCOc1ccc(C(=O)NC(CC(=O)O)C(C)(C)C)cc1. The third kappa shape index (κ3) is 5.45. The maximum Gasteiger partial charge on any atom is 0.305 e. The van der Waals surface area contributed by atoms with Crippen LogP contribution in [0.2, 0.25) is 0 Å². The van der Waals surface area contributed by atoms with E-state index in [4.69, 9.17) is 9.84 Å². The Kier molecular flexibility index (Phi) is 5.76. The molecule has 0 aliphatic heterocycles. The summed E-state index contributed by atoms with van der Waals surface area (Å²) in [6.07, 6.45) is -0.105. The van der Waals surface area contributed by atoms with Crippen LogP contribution >= 0.6 is 0 Å². The van der Waals surface area contributed by atoms with Crippen molar-refractivity contribution in [2.24, 2.45) is 5.41 Å². The molecule has 1 atom stereocenters. The first-order valence-corrected chi connectivity index (χ1v) is 6.99. The van der Waals surface area contributed by atoms with Gasteiger partial charge in [-0.2, -0.15) is 0 Å². The zero-order chi connectivity index (χ0) is 16.0. The van der Waals surface area contributed by atoms with Crippen LogP contribution in [0, 0.1) is 5.41 Å². The highest BCUT2D eigenvalue weighted by molar-refractivity contribution is 5.94. The molecule has 0 fully saturated rings. The maximum atomic E-state index is 12.2. The highest BCUT2D eigenvalue weighted by Gasteiger charge is 2.28. The number of aliphatic carboxylic acids is 1. The van der Waals surface area contributed by atoms with Crippen molar-refractivity contribution in [2.75, 3.05) is 6.61 Å². The summed E-state index contributed by atoms with van der Waals surface area (Å²) < 4.78 is 5.32. The van der Waals surface area contributed by atoms with Gasteiger partial charge in [0.1, 0.15) is 5.75 Å². The van der Waals surface area contributed by atoms with Gasteiger partial charge in [0, 0.05) is 11.6 Å². The molecule has 1 amide bonds. The third-order valence-corrected chi connectivity index (χ3v) is 3.16. The molecule has 116 valence electrons. The van der Waals surface area contributed by atoms with Crippen molar-refractivity contribution in [3.8, 4) is 5.75 Å². The minimum Gasteiger partial charge on any atom is -0.494 e. The molecule has 5 nitrogen and oxygen atoms in total. The molecule has 0 radical (unpaired) electrons. The standard InChI is InChI=1S/C16H23NO4/c1-5-21-12-8-6-11(7-9-12)15(20)17-13(10-14(18)19)16(2,3)4/h6-9,13H,5,10H2,1-4H3,(H,17,20)(H,18,19). The fraction of sp³-hybridized carbons (Fsp3) is 0.500. The summed E-state index contributed by atoms with van der Waals surface area (Å²) in [5, 5.41) is 11.8. The number of ether oxygens (including phenoxy) is 1. The largest absolute Gasteiger partial charge is 0.494 e. The van der Waals surface area contributed by atoms with Crippen LogP contribution in [0.3, 0.4) is 0 Å². The fourth-order valence-corrected chi connectivity index (χ4v) is 1.86. The van der Waals surface area contributed by atoms with Crippen LogP contribution < -0.4 is 10.1 Å². The van der Waals surface area contributed by atoms with Crippen molar-refractivity contribution >= 4 is 11.9 Å². The Morgan fingerprint density at radius 3 is 2.24 bits per heavy atom. The van der Waals surface area contributed by atoms with Crippen LogP contribution in [0.5, 0.6) is 5.75 Å². The summed E-state index contributed by atoms with van der Waals surface area (Å²) >= 11 is 0. The van der Waals surface area contributed by atoms with Gasteiger partial charge in [0.05, 0.1) is 13.0 Å². The summed E-state index contributed by atoms with van der Waals surface area (Å²) in [6, 6.07) is 6.35. The number of carboxylic acids is 1. The average Bonchev–Trinajstić information content (AvgIpc) is 2.37. The molecule has 1 aromatic rings. The number of hydrogen-bond acceptors (Lipinski definition) is 3. The molecule has 2 N–H and O–H groups in total. The topological polar surface area (TPSA) is 75.6 Å². The number of carbonyl (C=O) groups is 2. The van der Waals surface area contributed by atoms with Crippen LogP contribution in [-0.4, -0.2) is 29.6 Å². The number of hydrogen-bond donors (Lipinski definition) is 2. The van der Waals surface area contributed by atoms with Crippen LogP contribution in [-0.2, 0) is 4.79 Å². The van der Waals surface area contributed by atoms with Crippen molar-refractivity contribution in [2.45, 2.75) is 40.2 Å². The van der Waals surface area contributed by atoms with Crippen LogP contribution in [0.25, 0.3) is 0 Å². The fourth-order valence-electron chi connectivity index (χ4n) is 1.86. The molecule has 21 heavy (non-hydrogen) atoms. The first-order chi connectivity index (χ1) is 9.74. The number of nitrogens with one attached hydrogen (secondary N) is 1. The summed E-state index contributed by atoms with van der Waals surface area (Å²) in [5.41, 5.74) is 0.150. The Morgan fingerprint density at radius 1 is 1.24 bits per heavy atom. The smallest absolute Gasteiger partial charge is 0.305 e. The minimum absolute atomic E-state index is 0.105. The highest BCUT2D eigenvalue weighted by Crippen LogP contribution is 2.22. The Balaban J connectivity index is 2.79. The first kappa shape index (κ1) is 17.0. The van der Waals surface area contributed by atoms with Crippen LogP contribution in [0.15, 0.2) is 24.3 Å². The summed E-state index contributed by atoms with van der Waals surface area (Å²) in [4.78, 5) is 23.1. The number of carbonyl (C=O) groups excluding carboxylic acids is 1. The van der Waals surface area contributed by atoms with E-state index in [9.17, 15) is 9.59 Å². The third-order valence-electron chi connectivity index (χ3n) is 3.16. The quantitative estimate of drug-likeness (QED) is 0.845. The second-order valence-corrected chi connectivity index (χ2v) is 5.95. The van der Waals surface area contributed by atoms with E-state index in [1.807, 2.05) is 27.7 Å². The van der Waals surface area contributed by atoms with Gasteiger partial charge < -0.3 is 15.2 Å². The lowest BCUT2D eigenvalue weighted by Gasteiger charge is -2.30. The molecule has 0 aromatic heterocycles. The van der Waals surface area contributed by atoms with E-state index < -0.39 is 12.0 Å². The van der Waals surface area contributed by atoms with E-state index in [1.165, 1.54) is 0 Å². The molecule has 0 aliphatic carbocycles. The molecule has 0 aliphatic rings. The number of benzene rings is 1. The predicted octanol–water partition coefficient (Wildman–Crippen LogP) is 2.70. The molecule has 0 spiro atoms. The average molecular weight is 293 g/mol. The van der Waals surface area contributed by atoms with E-state index in [-0.39, 0.29) is 17.7 Å². The molecule has 0 saturated carbocycles. The minimum atomic E-state index is -0.929. The molecule has 0 bridgehead atoms. The van der Waals surface area contributed by atoms with E-state index in [0.717, 1.165) is 0 Å². The van der Waals surface area contributed by atoms with Crippen molar-refractivity contribution in [1.82, 2.24) is 5.32 Å². The van der Waals surface area contributed by atoms with E-state index in [2.05, 4.69) is 5.32 Å². The van der Waals surface area contributed by atoms with Gasteiger partial charge >= 0.3 is 5.97 Å². The zero-order valence-electron chi connectivity index (χ0n) is 13.0. The normalized spacial score (nSPS) is 12.6. The molecule has 0 heterocycles. The zero-order valence-corrected chi connectivity index (χ0v) is 13.0. The van der Waals surface area contributed by atoms with Crippen molar-refractivity contribution in [3.05, 3.63) is 29.8 Å². The Hall–Kier alpha value is -2.04. The molecular formula is C16H23NO4. The summed E-state index contributed by atoms with van der Waals surface area (Å²) in [6.45, 7) is 8.16. The lowest BCUT2D eigenvalue weighted by Crippen LogP contribution is -2.45. The summed E-state index contributed by atoms with van der Waals surface area (Å²) in [7, 11) is 0. The highest BCUT2D eigenvalue weighted by atomic mass is 16.5. The Bertz CT molecular complexity index is 488. The number of amides is 1. The number of carboxylic acid groups (broad SMARTS) is 1. The second-order valence-electron chi connectivity index (χ2n) is 5.95. The van der Waals surface area contributed by atoms with Crippen molar-refractivity contribution in [3.63, 3.8) is 0 Å². The van der Waals surface area contributed by atoms with Gasteiger partial charge in [-0.3, -0.25) is 9.59 Å². The van der Waals surface area contributed by atoms with Crippen molar-refractivity contribution < 1.29 is 19.4 Å².